The summed E-state index contributed by atoms with van der Waals surface area (Å²) < 4.78 is 11.2. The van der Waals surface area contributed by atoms with Crippen molar-refractivity contribution in [3.63, 3.8) is 0 Å². The molecule has 7 heteroatoms. The second kappa shape index (κ2) is 7.21. The third-order valence-electron chi connectivity index (χ3n) is 4.98. The number of hydrogen-bond acceptors (Lipinski definition) is 4. The molecule has 2 heterocycles. The molecular weight excluding hydrogens is 300 g/mol. The van der Waals surface area contributed by atoms with Gasteiger partial charge in [-0.05, 0) is 25.7 Å². The van der Waals surface area contributed by atoms with E-state index in [1.165, 1.54) is 30.2 Å². The van der Waals surface area contributed by atoms with Crippen LogP contribution in [0.4, 0.5) is 4.79 Å². The minimum atomic E-state index is -0.906. The molecule has 2 atom stereocenters. The second-order valence-electron chi connectivity index (χ2n) is 6.56. The smallest absolute Gasteiger partial charge is 0.407 e. The van der Waals surface area contributed by atoms with Gasteiger partial charge in [-0.25, -0.2) is 4.79 Å². The van der Waals surface area contributed by atoms with Crippen molar-refractivity contribution in [1.29, 1.82) is 0 Å². The molecule has 23 heavy (non-hydrogen) atoms. The fourth-order valence-corrected chi connectivity index (χ4v) is 3.70. The Bertz CT molecular complexity index is 575. The molecule has 7 nitrogen and oxygen atoms in total. The van der Waals surface area contributed by atoms with Gasteiger partial charge in [0.15, 0.2) is 0 Å². The Morgan fingerprint density at radius 2 is 2.13 bits per heavy atom. The Hall–Kier alpha value is -1.76. The molecule has 0 bridgehead atoms. The monoisotopic (exact) mass is 324 g/mol. The van der Waals surface area contributed by atoms with Crippen molar-refractivity contribution in [1.82, 2.24) is 10.1 Å². The van der Waals surface area contributed by atoms with Crippen LogP contribution in [0, 0.1) is 0 Å². The zero-order valence-corrected chi connectivity index (χ0v) is 13.2. The molecule has 1 saturated heterocycles. The van der Waals surface area contributed by atoms with Gasteiger partial charge in [-0.3, -0.25) is 4.79 Å². The van der Waals surface area contributed by atoms with Crippen molar-refractivity contribution in [3.8, 4) is 0 Å². The van der Waals surface area contributed by atoms with Gasteiger partial charge in [-0.1, -0.05) is 19.3 Å². The molecule has 0 spiro atoms. The molecule has 2 fully saturated rings. The van der Waals surface area contributed by atoms with Crippen LogP contribution in [0.5, 0.6) is 0 Å². The second-order valence-corrected chi connectivity index (χ2v) is 6.56. The number of likely N-dealkylation sites (tertiary alicyclic amines) is 1. The van der Waals surface area contributed by atoms with E-state index in [0.717, 1.165) is 12.8 Å². The number of nitrogens with zero attached hydrogens (tertiary/aromatic N) is 1. The summed E-state index contributed by atoms with van der Waals surface area (Å²) in [4.78, 5) is 24.2. The molecule has 3 rings (SSSR count). The van der Waals surface area contributed by atoms with Gasteiger partial charge in [0.1, 0.15) is 5.76 Å². The third-order valence-corrected chi connectivity index (χ3v) is 4.98. The molecular formula is C16H24N2O5. The lowest BCUT2D eigenvalue weighted by atomic mass is 9.89. The Balaban J connectivity index is 1.62. The van der Waals surface area contributed by atoms with Crippen LogP contribution < -0.4 is 5.56 Å². The maximum absolute atomic E-state index is 11.5. The highest BCUT2D eigenvalue weighted by Gasteiger charge is 2.34. The first kappa shape index (κ1) is 16.1. The summed E-state index contributed by atoms with van der Waals surface area (Å²) in [5, 5.41) is 11.7. The van der Waals surface area contributed by atoms with E-state index in [0.29, 0.717) is 31.8 Å². The predicted molar refractivity (Wildman–Crippen MR) is 82.6 cm³/mol. The van der Waals surface area contributed by atoms with Gasteiger partial charge in [0, 0.05) is 18.5 Å². The lowest BCUT2D eigenvalue weighted by molar-refractivity contribution is -0.0175. The minimum absolute atomic E-state index is 0.0597. The van der Waals surface area contributed by atoms with Crippen molar-refractivity contribution in [2.75, 3.05) is 13.2 Å². The van der Waals surface area contributed by atoms with Crippen LogP contribution in [-0.2, 0) is 4.74 Å². The average Bonchev–Trinajstić information content (AvgIpc) is 3.00. The quantitative estimate of drug-likeness (QED) is 0.887. The van der Waals surface area contributed by atoms with Gasteiger partial charge in [0.2, 0.25) is 0 Å². The summed E-state index contributed by atoms with van der Waals surface area (Å²) in [7, 11) is 0. The molecule has 0 unspecified atom stereocenters. The highest BCUT2D eigenvalue weighted by atomic mass is 16.5. The third kappa shape index (κ3) is 3.96. The standard InChI is InChI=1S/C16H24N2O5/c19-15-9-14(23-17-15)11-6-7-18(16(20)21)12(8-11)10-22-13-4-2-1-3-5-13/h9,11-13H,1-8,10H2,(H,17,19)(H,20,21)/t11-,12-/m1/s1. The lowest BCUT2D eigenvalue weighted by Gasteiger charge is -2.37. The number of carboxylic acid groups (broad SMARTS) is 1. The summed E-state index contributed by atoms with van der Waals surface area (Å²) in [6, 6.07) is 1.27. The van der Waals surface area contributed by atoms with Gasteiger partial charge in [-0.2, -0.15) is 5.16 Å². The summed E-state index contributed by atoms with van der Waals surface area (Å²) >= 11 is 0. The fourth-order valence-electron chi connectivity index (χ4n) is 3.70. The first-order valence-electron chi connectivity index (χ1n) is 8.43. The summed E-state index contributed by atoms with van der Waals surface area (Å²) in [6.07, 6.45) is 6.41. The maximum atomic E-state index is 11.5. The Morgan fingerprint density at radius 3 is 2.78 bits per heavy atom. The molecule has 1 aliphatic carbocycles. The number of aromatic amines is 1. The number of piperidine rings is 1. The van der Waals surface area contributed by atoms with Gasteiger partial charge in [0.25, 0.3) is 5.56 Å². The number of nitrogens with one attached hydrogen (secondary N) is 1. The van der Waals surface area contributed by atoms with Crippen molar-refractivity contribution < 1.29 is 19.2 Å². The van der Waals surface area contributed by atoms with E-state index in [9.17, 15) is 14.7 Å². The SMILES string of the molecule is O=C(O)N1CC[C@@H](c2cc(=O)[nH]o2)C[C@@H]1COC1CCCCC1. The maximum Gasteiger partial charge on any atom is 0.407 e. The summed E-state index contributed by atoms with van der Waals surface area (Å²) in [5.41, 5.74) is -0.254. The highest BCUT2D eigenvalue weighted by molar-refractivity contribution is 5.65. The largest absolute Gasteiger partial charge is 0.465 e. The lowest BCUT2D eigenvalue weighted by Crippen LogP contribution is -2.47. The molecule has 1 saturated carbocycles. The number of aromatic nitrogens is 1. The van der Waals surface area contributed by atoms with E-state index in [4.69, 9.17) is 9.26 Å². The van der Waals surface area contributed by atoms with E-state index in [1.807, 2.05) is 0 Å². The zero-order chi connectivity index (χ0) is 16.2. The summed E-state index contributed by atoms with van der Waals surface area (Å²) in [5.74, 6) is 0.673. The van der Waals surface area contributed by atoms with Crippen LogP contribution in [0.25, 0.3) is 0 Å². The Morgan fingerprint density at radius 1 is 1.35 bits per heavy atom. The molecule has 0 aromatic carbocycles. The van der Waals surface area contributed by atoms with Gasteiger partial charge >= 0.3 is 6.09 Å². The van der Waals surface area contributed by atoms with Crippen molar-refractivity contribution in [3.05, 3.63) is 22.2 Å². The number of carbonyl (C=O) groups is 1. The van der Waals surface area contributed by atoms with E-state index in [2.05, 4.69) is 5.16 Å². The fraction of sp³-hybridized carbons (Fsp3) is 0.750. The molecule has 1 aromatic rings. The van der Waals surface area contributed by atoms with Crippen LogP contribution in [0.1, 0.15) is 56.6 Å². The summed E-state index contributed by atoms with van der Waals surface area (Å²) in [6.45, 7) is 0.857. The Labute approximate surface area is 134 Å². The zero-order valence-electron chi connectivity index (χ0n) is 13.2. The van der Waals surface area contributed by atoms with Gasteiger partial charge in [0.05, 0.1) is 18.8 Å². The molecule has 128 valence electrons. The van der Waals surface area contributed by atoms with Crippen molar-refractivity contribution in [2.24, 2.45) is 0 Å². The van der Waals surface area contributed by atoms with Crippen LogP contribution in [0.3, 0.4) is 0 Å². The predicted octanol–water partition coefficient (Wildman–Crippen LogP) is 2.54. The van der Waals surface area contributed by atoms with E-state index in [-0.39, 0.29) is 23.6 Å². The number of H-pyrrole nitrogens is 1. The van der Waals surface area contributed by atoms with E-state index in [1.54, 1.807) is 0 Å². The molecule has 1 amide bonds. The molecule has 2 N–H and O–H groups in total. The first-order chi connectivity index (χ1) is 11.1. The average molecular weight is 324 g/mol. The number of ether oxygens (including phenoxy) is 1. The van der Waals surface area contributed by atoms with Gasteiger partial charge < -0.3 is 19.3 Å². The molecule has 1 aliphatic heterocycles. The van der Waals surface area contributed by atoms with E-state index >= 15 is 0 Å². The topological polar surface area (TPSA) is 95.8 Å². The molecule has 1 aromatic heterocycles. The number of amides is 1. The van der Waals surface area contributed by atoms with Crippen molar-refractivity contribution >= 4 is 6.09 Å². The number of rotatable bonds is 4. The van der Waals surface area contributed by atoms with Crippen LogP contribution in [-0.4, -0.2) is 46.6 Å². The van der Waals surface area contributed by atoms with Gasteiger partial charge in [-0.15, -0.1) is 0 Å². The van der Waals surface area contributed by atoms with Crippen LogP contribution in [0.2, 0.25) is 0 Å². The number of hydrogen-bond donors (Lipinski definition) is 2. The van der Waals surface area contributed by atoms with Crippen molar-refractivity contribution in [2.45, 2.75) is 63.0 Å². The normalized spacial score (nSPS) is 26.3. The molecule has 2 aliphatic rings. The highest BCUT2D eigenvalue weighted by Crippen LogP contribution is 2.32. The minimum Gasteiger partial charge on any atom is -0.465 e. The van der Waals surface area contributed by atoms with E-state index < -0.39 is 6.09 Å². The van der Waals surface area contributed by atoms with Crippen LogP contribution >= 0.6 is 0 Å². The molecule has 0 radical (unpaired) electrons. The van der Waals surface area contributed by atoms with Crippen LogP contribution in [0.15, 0.2) is 15.4 Å². The Kier molecular flexibility index (Phi) is 5.05. The first-order valence-corrected chi connectivity index (χ1v) is 8.43.